The number of hydrogen-bond acceptors (Lipinski definition) is 4. The van der Waals surface area contributed by atoms with Crippen LogP contribution in [-0.4, -0.2) is 11.9 Å². The third-order valence-electron chi connectivity index (χ3n) is 3.65. The Morgan fingerprint density at radius 1 is 0.667 bits per heavy atom. The van der Waals surface area contributed by atoms with Gasteiger partial charge in [-0.05, 0) is 49.9 Å². The van der Waals surface area contributed by atoms with Crippen molar-refractivity contribution in [2.45, 2.75) is 27.7 Å². The van der Waals surface area contributed by atoms with Gasteiger partial charge in [0.25, 0.3) is 0 Å². The Bertz CT molecular complexity index is 651. The summed E-state index contributed by atoms with van der Waals surface area (Å²) in [5.41, 5.74) is 4.09. The zero-order chi connectivity index (χ0) is 16.9. The molecule has 0 spiro atoms. The van der Waals surface area contributed by atoms with Crippen molar-refractivity contribution < 1.29 is 78.9 Å². The summed E-state index contributed by atoms with van der Waals surface area (Å²) < 4.78 is 0. The molecule has 24 heavy (non-hydrogen) atoms. The topological polar surface area (TPSA) is 80.3 Å². The Labute approximate surface area is 186 Å². The summed E-state index contributed by atoms with van der Waals surface area (Å²) in [4.78, 5) is 20.9. The number of carboxylic acid groups (broad SMARTS) is 2. The van der Waals surface area contributed by atoms with E-state index in [2.05, 4.69) is 0 Å². The van der Waals surface area contributed by atoms with Crippen LogP contribution in [0.2, 0.25) is 0 Å². The van der Waals surface area contributed by atoms with Crippen LogP contribution < -0.4 is 69.3 Å². The molecule has 0 heterocycles. The zero-order valence-electron chi connectivity index (χ0n) is 15.1. The number of carboxylic acids is 2. The van der Waals surface area contributed by atoms with Gasteiger partial charge >= 0.3 is 59.1 Å². The molecule has 116 valence electrons. The fourth-order valence-electron chi connectivity index (χ4n) is 1.94. The van der Waals surface area contributed by atoms with Crippen LogP contribution in [0.5, 0.6) is 0 Å². The van der Waals surface area contributed by atoms with Crippen LogP contribution in [0.15, 0.2) is 36.4 Å². The summed E-state index contributed by atoms with van der Waals surface area (Å²) in [5, 5.41) is 20.9. The van der Waals surface area contributed by atoms with Crippen LogP contribution in [0.25, 0.3) is 0 Å². The van der Waals surface area contributed by atoms with Crippen LogP contribution in [0.3, 0.4) is 0 Å². The van der Waals surface area contributed by atoms with Gasteiger partial charge in [0.2, 0.25) is 0 Å². The maximum Gasteiger partial charge on any atom is 1.00 e. The van der Waals surface area contributed by atoms with Crippen LogP contribution in [-0.2, 0) is 0 Å². The molecule has 0 atom stereocenters. The van der Waals surface area contributed by atoms with Crippen molar-refractivity contribution in [1.82, 2.24) is 0 Å². The van der Waals surface area contributed by atoms with Gasteiger partial charge in [-0.3, -0.25) is 0 Å². The summed E-state index contributed by atoms with van der Waals surface area (Å²) in [7, 11) is 0. The third kappa shape index (κ3) is 7.09. The predicted octanol–water partition coefficient (Wildman–Crippen LogP) is -4.66. The summed E-state index contributed by atoms with van der Waals surface area (Å²) in [6, 6.07) is 10.3. The van der Waals surface area contributed by atoms with Gasteiger partial charge in [0.15, 0.2) is 0 Å². The van der Waals surface area contributed by atoms with E-state index in [0.29, 0.717) is 0 Å². The Balaban J connectivity index is 0. The SMILES string of the molecule is Cc1cccc(C(=O)[O-])c1C.Cc1cccc(C(=O)[O-])c1C.[Na+].[Na+]. The number of aromatic carboxylic acids is 2. The van der Waals surface area contributed by atoms with Crippen molar-refractivity contribution in [1.29, 1.82) is 0 Å². The molecule has 0 aliphatic carbocycles. The first-order valence-corrected chi connectivity index (χ1v) is 6.80. The van der Waals surface area contributed by atoms with Crippen LogP contribution in [0, 0.1) is 27.7 Å². The van der Waals surface area contributed by atoms with E-state index in [4.69, 9.17) is 0 Å². The minimum Gasteiger partial charge on any atom is -0.545 e. The van der Waals surface area contributed by atoms with Crippen molar-refractivity contribution >= 4 is 11.9 Å². The monoisotopic (exact) mass is 344 g/mol. The molecular weight excluding hydrogens is 326 g/mol. The fourth-order valence-corrected chi connectivity index (χ4v) is 1.94. The number of hydrogen-bond donors (Lipinski definition) is 0. The molecule has 4 nitrogen and oxygen atoms in total. The van der Waals surface area contributed by atoms with Crippen molar-refractivity contribution in [3.05, 3.63) is 69.8 Å². The van der Waals surface area contributed by atoms with E-state index in [-0.39, 0.29) is 70.2 Å². The fraction of sp³-hybridized carbons (Fsp3) is 0.222. The first-order chi connectivity index (χ1) is 10.3. The predicted molar refractivity (Wildman–Crippen MR) is 80.5 cm³/mol. The van der Waals surface area contributed by atoms with E-state index in [1.54, 1.807) is 38.1 Å². The van der Waals surface area contributed by atoms with Crippen LogP contribution in [0.4, 0.5) is 0 Å². The van der Waals surface area contributed by atoms with Crippen molar-refractivity contribution in [3.63, 3.8) is 0 Å². The number of rotatable bonds is 2. The van der Waals surface area contributed by atoms with Crippen molar-refractivity contribution in [3.8, 4) is 0 Å². The van der Waals surface area contributed by atoms with E-state index < -0.39 is 11.9 Å². The van der Waals surface area contributed by atoms with Gasteiger partial charge in [-0.2, -0.15) is 0 Å². The summed E-state index contributed by atoms with van der Waals surface area (Å²) in [6.07, 6.45) is 0. The van der Waals surface area contributed by atoms with E-state index in [1.165, 1.54) is 0 Å². The van der Waals surface area contributed by atoms with Gasteiger partial charge in [0, 0.05) is 11.1 Å². The third-order valence-corrected chi connectivity index (χ3v) is 3.65. The first-order valence-electron chi connectivity index (χ1n) is 6.80. The second-order valence-corrected chi connectivity index (χ2v) is 5.07. The Hall–Kier alpha value is -0.620. The molecule has 6 heteroatoms. The molecule has 0 bridgehead atoms. The second kappa shape index (κ2) is 11.9. The zero-order valence-corrected chi connectivity index (χ0v) is 19.1. The number of benzene rings is 2. The summed E-state index contributed by atoms with van der Waals surface area (Å²) in [5.74, 6) is -2.21. The molecule has 0 amide bonds. The van der Waals surface area contributed by atoms with Gasteiger partial charge in [-0.15, -0.1) is 0 Å². The average molecular weight is 344 g/mol. The quantitative estimate of drug-likeness (QED) is 0.513. The molecule has 0 fully saturated rings. The largest absolute Gasteiger partial charge is 1.00 e. The van der Waals surface area contributed by atoms with E-state index in [1.807, 2.05) is 26.0 Å². The van der Waals surface area contributed by atoms with Gasteiger partial charge in [-0.25, -0.2) is 0 Å². The molecule has 2 aromatic rings. The minimum atomic E-state index is -1.11. The molecular formula is C18H18Na2O4. The summed E-state index contributed by atoms with van der Waals surface area (Å²) in [6.45, 7) is 7.31. The van der Waals surface area contributed by atoms with Crippen LogP contribution in [0.1, 0.15) is 43.0 Å². The number of carbonyl (C=O) groups excluding carboxylic acids is 2. The molecule has 0 aliphatic rings. The average Bonchev–Trinajstić information content (AvgIpc) is 2.45. The Morgan fingerprint density at radius 3 is 1.17 bits per heavy atom. The molecule has 0 saturated carbocycles. The molecule has 0 unspecified atom stereocenters. The van der Waals surface area contributed by atoms with E-state index >= 15 is 0 Å². The van der Waals surface area contributed by atoms with Crippen molar-refractivity contribution in [2.24, 2.45) is 0 Å². The summed E-state index contributed by atoms with van der Waals surface area (Å²) >= 11 is 0. The standard InChI is InChI=1S/2C9H10O2.2Na/c2*1-6-4-3-5-8(7(6)2)9(10)11;;/h2*3-5H,1-2H3,(H,10,11);;/q;;2*+1/p-2. The molecule has 0 radical (unpaired) electrons. The Kier molecular flexibility index (Phi) is 12.7. The second-order valence-electron chi connectivity index (χ2n) is 5.07. The Morgan fingerprint density at radius 2 is 0.958 bits per heavy atom. The van der Waals surface area contributed by atoms with Crippen LogP contribution >= 0.6 is 0 Å². The van der Waals surface area contributed by atoms with Gasteiger partial charge in [0.1, 0.15) is 0 Å². The molecule has 0 N–H and O–H groups in total. The maximum absolute atomic E-state index is 10.5. The molecule has 2 rings (SSSR count). The van der Waals surface area contributed by atoms with Gasteiger partial charge in [0.05, 0.1) is 11.9 Å². The first kappa shape index (κ1) is 25.6. The van der Waals surface area contributed by atoms with Gasteiger partial charge in [-0.1, -0.05) is 36.4 Å². The number of carbonyl (C=O) groups is 2. The normalized spacial score (nSPS) is 8.83. The van der Waals surface area contributed by atoms with Gasteiger partial charge < -0.3 is 19.8 Å². The van der Waals surface area contributed by atoms with E-state index in [0.717, 1.165) is 22.3 Å². The molecule has 2 aromatic carbocycles. The smallest absolute Gasteiger partial charge is 0.545 e. The minimum absolute atomic E-state index is 0. The van der Waals surface area contributed by atoms with E-state index in [9.17, 15) is 19.8 Å². The number of aryl methyl sites for hydroxylation is 2. The molecule has 0 saturated heterocycles. The molecule has 0 aromatic heterocycles. The van der Waals surface area contributed by atoms with Crippen molar-refractivity contribution in [2.75, 3.05) is 0 Å². The maximum atomic E-state index is 10.5. The molecule has 0 aliphatic heterocycles.